The molecule has 2 N–H and O–H groups in total. The lowest BCUT2D eigenvalue weighted by Gasteiger charge is -2.09. The van der Waals surface area contributed by atoms with Gasteiger partial charge in [-0.3, -0.25) is 9.78 Å². The molecule has 0 radical (unpaired) electrons. The number of nitrogens with one attached hydrogen (secondary N) is 2. The largest absolute Gasteiger partial charge is 0.326 e. The minimum Gasteiger partial charge on any atom is -0.326 e. The van der Waals surface area contributed by atoms with Gasteiger partial charge in [-0.2, -0.15) is 0 Å². The molecule has 0 unspecified atom stereocenters. The molecular formula is C18H23N3O. The van der Waals surface area contributed by atoms with Crippen LogP contribution in [-0.4, -0.2) is 17.4 Å². The van der Waals surface area contributed by atoms with Crippen molar-refractivity contribution in [2.75, 3.05) is 11.9 Å². The smallest absolute Gasteiger partial charge is 0.225 e. The molecule has 116 valence electrons. The lowest BCUT2D eigenvalue weighted by Crippen LogP contribution is -2.21. The lowest BCUT2D eigenvalue weighted by molar-refractivity contribution is -0.116. The Morgan fingerprint density at radius 3 is 2.41 bits per heavy atom. The molecule has 0 aliphatic heterocycles. The summed E-state index contributed by atoms with van der Waals surface area (Å²) in [4.78, 5) is 15.9. The van der Waals surface area contributed by atoms with Gasteiger partial charge in [-0.1, -0.05) is 26.0 Å². The molecule has 0 saturated carbocycles. The monoisotopic (exact) mass is 297 g/mol. The van der Waals surface area contributed by atoms with Gasteiger partial charge in [0.05, 0.1) is 0 Å². The van der Waals surface area contributed by atoms with E-state index in [0.29, 0.717) is 18.9 Å². The van der Waals surface area contributed by atoms with Crippen LogP contribution < -0.4 is 10.6 Å². The van der Waals surface area contributed by atoms with Crippen LogP contribution in [0.2, 0.25) is 0 Å². The number of carbonyl (C=O) groups is 1. The van der Waals surface area contributed by atoms with E-state index in [0.717, 1.165) is 12.2 Å². The number of anilines is 1. The van der Waals surface area contributed by atoms with Crippen molar-refractivity contribution in [2.24, 2.45) is 0 Å². The maximum Gasteiger partial charge on any atom is 0.225 e. The van der Waals surface area contributed by atoms with Crippen LogP contribution in [-0.2, 0) is 11.3 Å². The first kappa shape index (κ1) is 16.2. The second-order valence-electron chi connectivity index (χ2n) is 5.61. The van der Waals surface area contributed by atoms with Crippen LogP contribution in [0.15, 0.2) is 48.8 Å². The molecule has 1 heterocycles. The van der Waals surface area contributed by atoms with Crippen LogP contribution in [0.1, 0.15) is 37.3 Å². The molecule has 2 aromatic rings. The highest BCUT2D eigenvalue weighted by atomic mass is 16.1. The third-order valence-corrected chi connectivity index (χ3v) is 3.47. The van der Waals surface area contributed by atoms with E-state index in [1.807, 2.05) is 24.3 Å². The van der Waals surface area contributed by atoms with Gasteiger partial charge in [0.15, 0.2) is 0 Å². The van der Waals surface area contributed by atoms with Crippen molar-refractivity contribution in [3.05, 3.63) is 59.9 Å². The van der Waals surface area contributed by atoms with E-state index < -0.39 is 0 Å². The van der Waals surface area contributed by atoms with Gasteiger partial charge in [-0.15, -0.1) is 0 Å². The molecule has 2 rings (SSSR count). The highest BCUT2D eigenvalue weighted by molar-refractivity contribution is 5.90. The number of carbonyl (C=O) groups excluding carboxylic acids is 1. The van der Waals surface area contributed by atoms with Crippen LogP contribution in [0.4, 0.5) is 5.69 Å². The van der Waals surface area contributed by atoms with Crippen molar-refractivity contribution in [1.29, 1.82) is 0 Å². The van der Waals surface area contributed by atoms with Crippen molar-refractivity contribution in [3.8, 4) is 0 Å². The van der Waals surface area contributed by atoms with Crippen LogP contribution in [0.3, 0.4) is 0 Å². The highest BCUT2D eigenvalue weighted by Gasteiger charge is 2.03. The third kappa shape index (κ3) is 5.30. The lowest BCUT2D eigenvalue weighted by atomic mass is 10.0. The van der Waals surface area contributed by atoms with Gasteiger partial charge < -0.3 is 10.6 Å². The van der Waals surface area contributed by atoms with E-state index in [1.165, 1.54) is 11.1 Å². The molecule has 0 bridgehead atoms. The summed E-state index contributed by atoms with van der Waals surface area (Å²) in [5.74, 6) is 0.529. The minimum absolute atomic E-state index is 0.0273. The molecule has 0 saturated heterocycles. The third-order valence-electron chi connectivity index (χ3n) is 3.47. The molecule has 0 fully saturated rings. The van der Waals surface area contributed by atoms with Gasteiger partial charge in [0, 0.05) is 37.6 Å². The minimum atomic E-state index is 0.0273. The van der Waals surface area contributed by atoms with Crippen LogP contribution >= 0.6 is 0 Å². The normalized spacial score (nSPS) is 10.7. The Morgan fingerprint density at radius 1 is 1.09 bits per heavy atom. The zero-order chi connectivity index (χ0) is 15.8. The van der Waals surface area contributed by atoms with Crippen LogP contribution in [0, 0.1) is 0 Å². The fraction of sp³-hybridized carbons (Fsp3) is 0.333. The first-order valence-electron chi connectivity index (χ1n) is 7.64. The number of hydrogen-bond acceptors (Lipinski definition) is 3. The summed E-state index contributed by atoms with van der Waals surface area (Å²) >= 11 is 0. The predicted molar refractivity (Wildman–Crippen MR) is 89.7 cm³/mol. The summed E-state index contributed by atoms with van der Waals surface area (Å²) in [5.41, 5.74) is 3.29. The molecule has 0 aliphatic carbocycles. The van der Waals surface area contributed by atoms with Crippen LogP contribution in [0.5, 0.6) is 0 Å². The fourth-order valence-corrected chi connectivity index (χ4v) is 2.11. The second-order valence-corrected chi connectivity index (χ2v) is 5.61. The SMILES string of the molecule is CC(C)c1ccc(NC(=O)CCNCc2ccncc2)cc1. The quantitative estimate of drug-likeness (QED) is 0.771. The zero-order valence-corrected chi connectivity index (χ0v) is 13.2. The highest BCUT2D eigenvalue weighted by Crippen LogP contribution is 2.17. The van der Waals surface area contributed by atoms with Gasteiger partial charge in [0.2, 0.25) is 5.91 Å². The molecule has 1 aromatic heterocycles. The average molecular weight is 297 g/mol. The van der Waals surface area contributed by atoms with E-state index in [4.69, 9.17) is 0 Å². The second kappa shape index (κ2) is 8.29. The van der Waals surface area contributed by atoms with Gasteiger partial charge in [0.25, 0.3) is 0 Å². The number of hydrogen-bond donors (Lipinski definition) is 2. The Hall–Kier alpha value is -2.20. The summed E-state index contributed by atoms with van der Waals surface area (Å²) in [5, 5.41) is 6.17. The summed E-state index contributed by atoms with van der Waals surface area (Å²) in [6.45, 7) is 5.71. The number of rotatable bonds is 7. The molecule has 1 aromatic carbocycles. The summed E-state index contributed by atoms with van der Waals surface area (Å²) in [6.07, 6.45) is 3.99. The zero-order valence-electron chi connectivity index (χ0n) is 13.2. The molecule has 0 aliphatic rings. The van der Waals surface area contributed by atoms with E-state index in [-0.39, 0.29) is 5.91 Å². The van der Waals surface area contributed by atoms with E-state index in [2.05, 4.69) is 41.6 Å². The van der Waals surface area contributed by atoms with Crippen molar-refractivity contribution in [2.45, 2.75) is 32.7 Å². The van der Waals surface area contributed by atoms with Gasteiger partial charge in [-0.05, 0) is 41.3 Å². The predicted octanol–water partition coefficient (Wildman–Crippen LogP) is 3.32. The first-order chi connectivity index (χ1) is 10.6. The molecule has 22 heavy (non-hydrogen) atoms. The number of nitrogens with zero attached hydrogens (tertiary/aromatic N) is 1. The summed E-state index contributed by atoms with van der Waals surface area (Å²) in [6, 6.07) is 12.0. The van der Waals surface area contributed by atoms with E-state index in [9.17, 15) is 4.79 Å². The van der Waals surface area contributed by atoms with Crippen LogP contribution in [0.25, 0.3) is 0 Å². The van der Waals surface area contributed by atoms with Gasteiger partial charge >= 0.3 is 0 Å². The number of aromatic nitrogens is 1. The molecular weight excluding hydrogens is 274 g/mol. The standard InChI is InChI=1S/C18H23N3O/c1-14(2)16-3-5-17(6-4-16)21-18(22)9-12-20-13-15-7-10-19-11-8-15/h3-8,10-11,14,20H,9,12-13H2,1-2H3,(H,21,22). The van der Waals surface area contributed by atoms with Crippen molar-refractivity contribution in [1.82, 2.24) is 10.3 Å². The Bertz CT molecular complexity index is 579. The van der Waals surface area contributed by atoms with Gasteiger partial charge in [-0.25, -0.2) is 0 Å². The Morgan fingerprint density at radius 2 is 1.77 bits per heavy atom. The van der Waals surface area contributed by atoms with E-state index in [1.54, 1.807) is 12.4 Å². The Balaban J connectivity index is 1.69. The Labute approximate surface area is 132 Å². The number of amides is 1. The average Bonchev–Trinajstić information content (AvgIpc) is 2.53. The first-order valence-corrected chi connectivity index (χ1v) is 7.64. The topological polar surface area (TPSA) is 54.0 Å². The molecule has 4 nitrogen and oxygen atoms in total. The van der Waals surface area contributed by atoms with Gasteiger partial charge in [0.1, 0.15) is 0 Å². The molecule has 0 spiro atoms. The maximum absolute atomic E-state index is 11.9. The van der Waals surface area contributed by atoms with Crippen molar-refractivity contribution in [3.63, 3.8) is 0 Å². The molecule has 1 amide bonds. The maximum atomic E-state index is 11.9. The van der Waals surface area contributed by atoms with E-state index >= 15 is 0 Å². The summed E-state index contributed by atoms with van der Waals surface area (Å²) in [7, 11) is 0. The number of benzene rings is 1. The van der Waals surface area contributed by atoms with Crippen molar-refractivity contribution >= 4 is 11.6 Å². The Kier molecular flexibility index (Phi) is 6.10. The van der Waals surface area contributed by atoms with Crippen molar-refractivity contribution < 1.29 is 4.79 Å². The summed E-state index contributed by atoms with van der Waals surface area (Å²) < 4.78 is 0. The molecule has 4 heteroatoms. The number of pyridine rings is 1. The fourth-order valence-electron chi connectivity index (χ4n) is 2.11. The molecule has 0 atom stereocenters.